The van der Waals surface area contributed by atoms with Crippen LogP contribution in [0.2, 0.25) is 0 Å². The summed E-state index contributed by atoms with van der Waals surface area (Å²) in [4.78, 5) is 23.1. The predicted molar refractivity (Wildman–Crippen MR) is 115 cm³/mol. The normalized spacial score (nSPS) is 14.9. The van der Waals surface area contributed by atoms with Crippen LogP contribution in [-0.2, 0) is 4.74 Å². The minimum atomic E-state index is -0.376. The fourth-order valence-electron chi connectivity index (χ4n) is 3.47. The number of fused-ring (bicyclic) bond motifs is 1. The van der Waals surface area contributed by atoms with Gasteiger partial charge in [-0.2, -0.15) is 5.10 Å². The highest BCUT2D eigenvalue weighted by Gasteiger charge is 2.26. The van der Waals surface area contributed by atoms with Crippen LogP contribution in [0.5, 0.6) is 5.88 Å². The van der Waals surface area contributed by atoms with E-state index >= 15 is 0 Å². The Balaban J connectivity index is 1.50. The lowest BCUT2D eigenvalue weighted by atomic mass is 10.1. The summed E-state index contributed by atoms with van der Waals surface area (Å²) in [6.07, 6.45) is 5.66. The zero-order chi connectivity index (χ0) is 22.0. The van der Waals surface area contributed by atoms with Crippen molar-refractivity contribution in [2.24, 2.45) is 0 Å². The SMILES string of the molecule is CSc1ccc(-n2ncc3c(OC4CCN(C(=O)OC(C)C)CC4)ncnc32)c(F)c1. The summed E-state index contributed by atoms with van der Waals surface area (Å²) in [6.45, 7) is 4.77. The number of thioether (sulfide) groups is 1. The van der Waals surface area contributed by atoms with Gasteiger partial charge in [-0.05, 0) is 38.3 Å². The number of likely N-dealkylation sites (tertiary alicyclic amines) is 1. The van der Waals surface area contributed by atoms with Crippen LogP contribution in [0.15, 0.2) is 35.6 Å². The second kappa shape index (κ2) is 9.09. The Morgan fingerprint density at radius 3 is 2.71 bits per heavy atom. The number of hydrogen-bond acceptors (Lipinski definition) is 7. The van der Waals surface area contributed by atoms with Crippen molar-refractivity contribution in [1.29, 1.82) is 0 Å². The lowest BCUT2D eigenvalue weighted by Crippen LogP contribution is -2.42. The van der Waals surface area contributed by atoms with Crippen molar-refractivity contribution in [3.63, 3.8) is 0 Å². The minimum Gasteiger partial charge on any atom is -0.474 e. The van der Waals surface area contributed by atoms with Crippen molar-refractivity contribution >= 4 is 28.9 Å². The van der Waals surface area contributed by atoms with Crippen molar-refractivity contribution in [3.05, 3.63) is 36.5 Å². The highest BCUT2D eigenvalue weighted by atomic mass is 32.2. The molecule has 1 amide bonds. The number of benzene rings is 1. The predicted octanol–water partition coefficient (Wildman–Crippen LogP) is 4.06. The molecule has 4 rings (SSSR count). The maximum atomic E-state index is 14.6. The summed E-state index contributed by atoms with van der Waals surface area (Å²) in [6, 6.07) is 5.00. The van der Waals surface area contributed by atoms with E-state index in [0.29, 0.717) is 48.5 Å². The number of ether oxygens (including phenoxy) is 2. The van der Waals surface area contributed by atoms with E-state index in [4.69, 9.17) is 9.47 Å². The standard InChI is InChI=1S/C21H24FN5O3S/c1-13(2)29-21(28)26-8-6-14(7-9-26)30-20-16-11-25-27(19(16)23-12-24-20)18-5-4-15(31-3)10-17(18)22/h4-5,10-14H,6-9H2,1-3H3. The fourth-order valence-corrected chi connectivity index (χ4v) is 3.89. The van der Waals surface area contributed by atoms with Gasteiger partial charge in [0.25, 0.3) is 0 Å². The first kappa shape index (κ1) is 21.4. The van der Waals surface area contributed by atoms with E-state index in [1.54, 1.807) is 17.2 Å². The lowest BCUT2D eigenvalue weighted by molar-refractivity contribution is 0.0511. The van der Waals surface area contributed by atoms with E-state index in [0.717, 1.165) is 4.90 Å². The molecule has 2 aromatic heterocycles. The van der Waals surface area contributed by atoms with Gasteiger partial charge in [-0.3, -0.25) is 0 Å². The van der Waals surface area contributed by atoms with Gasteiger partial charge >= 0.3 is 6.09 Å². The summed E-state index contributed by atoms with van der Waals surface area (Å²) in [7, 11) is 0. The third-order valence-electron chi connectivity index (χ3n) is 5.03. The van der Waals surface area contributed by atoms with Crippen LogP contribution in [0.3, 0.4) is 0 Å². The molecule has 3 heterocycles. The summed E-state index contributed by atoms with van der Waals surface area (Å²) in [5.74, 6) is 0.0270. The molecule has 1 aromatic carbocycles. The summed E-state index contributed by atoms with van der Waals surface area (Å²) >= 11 is 1.47. The van der Waals surface area contributed by atoms with Crippen molar-refractivity contribution < 1.29 is 18.7 Å². The zero-order valence-corrected chi connectivity index (χ0v) is 18.4. The quantitative estimate of drug-likeness (QED) is 0.548. The first-order chi connectivity index (χ1) is 15.0. The highest BCUT2D eigenvalue weighted by molar-refractivity contribution is 7.98. The molecular weight excluding hydrogens is 421 g/mol. The number of carbonyl (C=O) groups excluding carboxylic acids is 1. The second-order valence-electron chi connectivity index (χ2n) is 7.53. The molecular formula is C21H24FN5O3S. The molecule has 0 aliphatic carbocycles. The average Bonchev–Trinajstić information content (AvgIpc) is 3.18. The molecule has 164 valence electrons. The van der Waals surface area contributed by atoms with E-state index in [9.17, 15) is 9.18 Å². The van der Waals surface area contributed by atoms with Gasteiger partial charge in [0.05, 0.1) is 12.3 Å². The maximum absolute atomic E-state index is 14.6. The molecule has 8 nitrogen and oxygen atoms in total. The van der Waals surface area contributed by atoms with Gasteiger partial charge in [0.15, 0.2) is 5.65 Å². The van der Waals surface area contributed by atoms with Crippen molar-refractivity contribution in [3.8, 4) is 11.6 Å². The van der Waals surface area contributed by atoms with Gasteiger partial charge in [-0.25, -0.2) is 23.8 Å². The molecule has 0 atom stereocenters. The van der Waals surface area contributed by atoms with Crippen LogP contribution >= 0.6 is 11.8 Å². The van der Waals surface area contributed by atoms with Crippen LogP contribution in [-0.4, -0.2) is 62.3 Å². The van der Waals surface area contributed by atoms with E-state index in [2.05, 4.69) is 15.1 Å². The molecule has 1 aliphatic heterocycles. The molecule has 3 aromatic rings. The second-order valence-corrected chi connectivity index (χ2v) is 8.41. The summed E-state index contributed by atoms with van der Waals surface area (Å²) < 4.78 is 27.4. The van der Waals surface area contributed by atoms with E-state index in [1.807, 2.05) is 26.2 Å². The number of nitrogens with zero attached hydrogens (tertiary/aromatic N) is 5. The monoisotopic (exact) mass is 445 g/mol. The van der Waals surface area contributed by atoms with Crippen molar-refractivity contribution in [2.75, 3.05) is 19.3 Å². The molecule has 10 heteroatoms. The average molecular weight is 446 g/mol. The van der Waals surface area contributed by atoms with Gasteiger partial charge < -0.3 is 14.4 Å². The Labute approximate surface area is 183 Å². The molecule has 1 fully saturated rings. The van der Waals surface area contributed by atoms with E-state index in [1.165, 1.54) is 28.8 Å². The molecule has 0 saturated carbocycles. The minimum absolute atomic E-state index is 0.0952. The van der Waals surface area contributed by atoms with Gasteiger partial charge in [-0.1, -0.05) is 0 Å². The Morgan fingerprint density at radius 2 is 2.03 bits per heavy atom. The number of hydrogen-bond donors (Lipinski definition) is 0. The van der Waals surface area contributed by atoms with Gasteiger partial charge in [0.2, 0.25) is 5.88 Å². The van der Waals surface area contributed by atoms with Gasteiger partial charge in [0.1, 0.15) is 29.3 Å². The largest absolute Gasteiger partial charge is 0.474 e. The summed E-state index contributed by atoms with van der Waals surface area (Å²) in [5, 5.41) is 4.93. The fraction of sp³-hybridized carbons (Fsp3) is 0.429. The Kier molecular flexibility index (Phi) is 6.26. The highest BCUT2D eigenvalue weighted by Crippen LogP contribution is 2.28. The third kappa shape index (κ3) is 4.58. The number of halogens is 1. The first-order valence-electron chi connectivity index (χ1n) is 10.1. The van der Waals surface area contributed by atoms with Crippen molar-refractivity contribution in [2.45, 2.75) is 43.8 Å². The van der Waals surface area contributed by atoms with E-state index in [-0.39, 0.29) is 24.1 Å². The number of rotatable bonds is 5. The van der Waals surface area contributed by atoms with Crippen LogP contribution in [0.4, 0.5) is 9.18 Å². The number of amides is 1. The lowest BCUT2D eigenvalue weighted by Gasteiger charge is -2.31. The molecule has 0 bridgehead atoms. The third-order valence-corrected chi connectivity index (χ3v) is 5.75. The van der Waals surface area contributed by atoms with Crippen molar-refractivity contribution in [1.82, 2.24) is 24.6 Å². The van der Waals surface area contributed by atoms with Crippen LogP contribution in [0.1, 0.15) is 26.7 Å². The maximum Gasteiger partial charge on any atom is 0.410 e. The van der Waals surface area contributed by atoms with Gasteiger partial charge in [-0.15, -0.1) is 11.8 Å². The molecule has 1 saturated heterocycles. The molecule has 31 heavy (non-hydrogen) atoms. The van der Waals surface area contributed by atoms with Gasteiger partial charge in [0, 0.05) is 30.8 Å². The number of carbonyl (C=O) groups is 1. The van der Waals surface area contributed by atoms with E-state index < -0.39 is 0 Å². The smallest absolute Gasteiger partial charge is 0.410 e. The van der Waals surface area contributed by atoms with Crippen LogP contribution in [0.25, 0.3) is 16.7 Å². The number of piperidine rings is 1. The molecule has 0 unspecified atom stereocenters. The first-order valence-corrected chi connectivity index (χ1v) is 11.3. The Morgan fingerprint density at radius 1 is 1.26 bits per heavy atom. The van der Waals surface area contributed by atoms with Crippen LogP contribution < -0.4 is 4.74 Å². The molecule has 0 N–H and O–H groups in total. The van der Waals surface area contributed by atoms with Crippen LogP contribution in [0, 0.1) is 5.82 Å². The molecule has 0 spiro atoms. The molecule has 1 aliphatic rings. The summed E-state index contributed by atoms with van der Waals surface area (Å²) in [5.41, 5.74) is 0.785. The Bertz CT molecular complexity index is 1080. The number of aromatic nitrogens is 4. The Hall–Kier alpha value is -2.88. The zero-order valence-electron chi connectivity index (χ0n) is 17.6. The molecule has 0 radical (unpaired) electrons. The topological polar surface area (TPSA) is 82.4 Å².